The number of nitrogens with zero attached hydrogens (tertiary/aromatic N) is 1. The number of aldehydes is 1. The summed E-state index contributed by atoms with van der Waals surface area (Å²) in [7, 11) is 0. The molecule has 1 heterocycles. The zero-order valence-electron chi connectivity index (χ0n) is 10.3. The van der Waals surface area contributed by atoms with E-state index in [0.29, 0.717) is 11.1 Å². The second kappa shape index (κ2) is 5.09. The summed E-state index contributed by atoms with van der Waals surface area (Å²) in [5.41, 5.74) is 1.71. The first-order valence-corrected chi connectivity index (χ1v) is 6.51. The largest absolute Gasteiger partial charge is 0.368 e. The zero-order chi connectivity index (χ0) is 12.4. The number of piperidine rings is 1. The van der Waals surface area contributed by atoms with E-state index in [1.54, 1.807) is 12.1 Å². The third-order valence-electron chi connectivity index (χ3n) is 3.57. The maximum absolute atomic E-state index is 11.1. The zero-order valence-corrected chi connectivity index (χ0v) is 11.1. The van der Waals surface area contributed by atoms with Crippen LogP contribution in [0.5, 0.6) is 0 Å². The fraction of sp³-hybridized carbons (Fsp3) is 0.500. The lowest BCUT2D eigenvalue weighted by atomic mass is 9.92. The van der Waals surface area contributed by atoms with Crippen molar-refractivity contribution < 1.29 is 4.79 Å². The normalized spacial score (nSPS) is 24.8. The van der Waals surface area contributed by atoms with E-state index in [0.717, 1.165) is 30.0 Å². The SMILES string of the molecule is CC1CCN(c2cc(Cl)ccc2C=O)C(C)C1. The minimum Gasteiger partial charge on any atom is -0.368 e. The van der Waals surface area contributed by atoms with E-state index in [4.69, 9.17) is 11.6 Å². The van der Waals surface area contributed by atoms with Gasteiger partial charge in [-0.25, -0.2) is 0 Å². The number of halogens is 1. The quantitative estimate of drug-likeness (QED) is 0.746. The molecule has 1 aromatic carbocycles. The van der Waals surface area contributed by atoms with Crippen molar-refractivity contribution in [1.29, 1.82) is 0 Å². The van der Waals surface area contributed by atoms with Crippen LogP contribution in [0.15, 0.2) is 18.2 Å². The van der Waals surface area contributed by atoms with Crippen molar-refractivity contribution in [2.75, 3.05) is 11.4 Å². The molecule has 1 aliphatic heterocycles. The van der Waals surface area contributed by atoms with Gasteiger partial charge in [0.15, 0.2) is 6.29 Å². The average Bonchev–Trinajstić information content (AvgIpc) is 2.29. The van der Waals surface area contributed by atoms with Crippen LogP contribution in [-0.2, 0) is 0 Å². The predicted octanol–water partition coefficient (Wildman–Crippen LogP) is 3.78. The Kier molecular flexibility index (Phi) is 3.72. The number of rotatable bonds is 2. The van der Waals surface area contributed by atoms with Gasteiger partial charge in [0.05, 0.1) is 0 Å². The molecule has 2 atom stereocenters. The molecule has 1 saturated heterocycles. The molecule has 0 bridgehead atoms. The lowest BCUT2D eigenvalue weighted by molar-refractivity contribution is 0.112. The van der Waals surface area contributed by atoms with Crippen LogP contribution in [-0.4, -0.2) is 18.9 Å². The van der Waals surface area contributed by atoms with Crippen molar-refractivity contribution >= 4 is 23.6 Å². The van der Waals surface area contributed by atoms with E-state index >= 15 is 0 Å². The molecule has 1 aromatic rings. The lowest BCUT2D eigenvalue weighted by Crippen LogP contribution is -2.40. The molecule has 0 spiro atoms. The minimum atomic E-state index is 0.468. The molecule has 0 N–H and O–H groups in total. The molecule has 0 aliphatic carbocycles. The van der Waals surface area contributed by atoms with E-state index in [2.05, 4.69) is 18.7 Å². The summed E-state index contributed by atoms with van der Waals surface area (Å²) in [5, 5.41) is 0.691. The third kappa shape index (κ3) is 2.63. The van der Waals surface area contributed by atoms with Crippen molar-refractivity contribution in [1.82, 2.24) is 0 Å². The first-order valence-electron chi connectivity index (χ1n) is 6.13. The maximum atomic E-state index is 11.1. The number of carbonyl (C=O) groups is 1. The first kappa shape index (κ1) is 12.4. The van der Waals surface area contributed by atoms with Gasteiger partial charge in [-0.2, -0.15) is 0 Å². The summed E-state index contributed by atoms with van der Waals surface area (Å²) < 4.78 is 0. The van der Waals surface area contributed by atoms with Gasteiger partial charge < -0.3 is 4.90 Å². The number of hydrogen-bond donors (Lipinski definition) is 0. The van der Waals surface area contributed by atoms with Crippen LogP contribution in [0.1, 0.15) is 37.0 Å². The van der Waals surface area contributed by atoms with Crippen LogP contribution in [0.3, 0.4) is 0 Å². The molecule has 2 rings (SSSR count). The van der Waals surface area contributed by atoms with E-state index in [9.17, 15) is 4.79 Å². The van der Waals surface area contributed by atoms with Crippen LogP contribution in [0, 0.1) is 5.92 Å². The minimum absolute atomic E-state index is 0.468. The van der Waals surface area contributed by atoms with E-state index in [1.807, 2.05) is 6.07 Å². The van der Waals surface area contributed by atoms with Crippen molar-refractivity contribution in [2.24, 2.45) is 5.92 Å². The van der Waals surface area contributed by atoms with Crippen molar-refractivity contribution in [2.45, 2.75) is 32.7 Å². The van der Waals surface area contributed by atoms with Gasteiger partial charge in [-0.15, -0.1) is 0 Å². The topological polar surface area (TPSA) is 20.3 Å². The van der Waals surface area contributed by atoms with E-state index < -0.39 is 0 Å². The van der Waals surface area contributed by atoms with Gasteiger partial charge >= 0.3 is 0 Å². The highest BCUT2D eigenvalue weighted by atomic mass is 35.5. The van der Waals surface area contributed by atoms with Crippen LogP contribution in [0.25, 0.3) is 0 Å². The summed E-state index contributed by atoms with van der Waals surface area (Å²) >= 11 is 6.03. The van der Waals surface area contributed by atoms with Crippen molar-refractivity contribution in [3.05, 3.63) is 28.8 Å². The second-order valence-corrected chi connectivity index (χ2v) is 5.43. The molecular formula is C14H18ClNO. The van der Waals surface area contributed by atoms with Crippen molar-refractivity contribution in [3.8, 4) is 0 Å². The van der Waals surface area contributed by atoms with Gasteiger partial charge in [0.2, 0.25) is 0 Å². The van der Waals surface area contributed by atoms with Gasteiger partial charge in [0.25, 0.3) is 0 Å². The van der Waals surface area contributed by atoms with Crippen LogP contribution in [0.4, 0.5) is 5.69 Å². The Labute approximate surface area is 108 Å². The Balaban J connectivity index is 2.32. The Hall–Kier alpha value is -1.02. The first-order chi connectivity index (χ1) is 8.11. The van der Waals surface area contributed by atoms with Crippen molar-refractivity contribution in [3.63, 3.8) is 0 Å². The van der Waals surface area contributed by atoms with Gasteiger partial charge in [-0.05, 0) is 43.9 Å². The molecule has 2 unspecified atom stereocenters. The summed E-state index contributed by atoms with van der Waals surface area (Å²) in [6.07, 6.45) is 3.26. The monoisotopic (exact) mass is 251 g/mol. The molecule has 0 radical (unpaired) electrons. The molecule has 1 aliphatic rings. The smallest absolute Gasteiger partial charge is 0.152 e. The summed E-state index contributed by atoms with van der Waals surface area (Å²) in [5.74, 6) is 0.764. The fourth-order valence-electron chi connectivity index (χ4n) is 2.63. The third-order valence-corrected chi connectivity index (χ3v) is 3.80. The highest BCUT2D eigenvalue weighted by molar-refractivity contribution is 6.31. The predicted molar refractivity (Wildman–Crippen MR) is 72.0 cm³/mol. The maximum Gasteiger partial charge on any atom is 0.152 e. The molecule has 1 fully saturated rings. The Morgan fingerprint density at radius 1 is 1.41 bits per heavy atom. The van der Waals surface area contributed by atoms with Gasteiger partial charge in [-0.1, -0.05) is 18.5 Å². The number of hydrogen-bond acceptors (Lipinski definition) is 2. The molecule has 0 saturated carbocycles. The standard InChI is InChI=1S/C14H18ClNO/c1-10-5-6-16(11(2)7-10)14-8-13(15)4-3-12(14)9-17/h3-4,8-11H,5-7H2,1-2H3. The molecule has 2 nitrogen and oxygen atoms in total. The number of benzene rings is 1. The average molecular weight is 252 g/mol. The summed E-state index contributed by atoms with van der Waals surface area (Å²) in [6, 6.07) is 5.94. The molecule has 0 aromatic heterocycles. The molecule has 17 heavy (non-hydrogen) atoms. The Morgan fingerprint density at radius 2 is 2.18 bits per heavy atom. The summed E-state index contributed by atoms with van der Waals surface area (Å²) in [4.78, 5) is 13.4. The van der Waals surface area contributed by atoms with Crippen LogP contribution >= 0.6 is 11.6 Å². The van der Waals surface area contributed by atoms with Gasteiger partial charge in [0, 0.05) is 28.9 Å². The number of anilines is 1. The molecule has 0 amide bonds. The molecular weight excluding hydrogens is 234 g/mol. The fourth-order valence-corrected chi connectivity index (χ4v) is 2.80. The van der Waals surface area contributed by atoms with E-state index in [-0.39, 0.29) is 0 Å². The molecule has 3 heteroatoms. The lowest BCUT2D eigenvalue weighted by Gasteiger charge is -2.39. The Bertz CT molecular complexity index is 419. The van der Waals surface area contributed by atoms with Crippen LogP contribution in [0.2, 0.25) is 5.02 Å². The molecule has 92 valence electrons. The Morgan fingerprint density at radius 3 is 2.82 bits per heavy atom. The van der Waals surface area contributed by atoms with Crippen LogP contribution < -0.4 is 4.90 Å². The highest BCUT2D eigenvalue weighted by Gasteiger charge is 2.24. The van der Waals surface area contributed by atoms with Gasteiger partial charge in [0.1, 0.15) is 0 Å². The second-order valence-electron chi connectivity index (χ2n) is 4.99. The number of carbonyl (C=O) groups excluding carboxylic acids is 1. The summed E-state index contributed by atoms with van der Waals surface area (Å²) in [6.45, 7) is 5.50. The van der Waals surface area contributed by atoms with Gasteiger partial charge in [-0.3, -0.25) is 4.79 Å². The highest BCUT2D eigenvalue weighted by Crippen LogP contribution is 2.31. The van der Waals surface area contributed by atoms with E-state index in [1.165, 1.54) is 12.8 Å².